The smallest absolute Gasteiger partial charge is 0.335 e. The molecule has 5 amide bonds. The molecule has 1 saturated carbocycles. The molecule has 140 valence electrons. The summed E-state index contributed by atoms with van der Waals surface area (Å²) in [7, 11) is 0. The Bertz CT molecular complexity index is 548. The van der Waals surface area contributed by atoms with E-state index in [1.807, 2.05) is 0 Å². The zero-order valence-electron chi connectivity index (χ0n) is 14.1. The fourth-order valence-electron chi connectivity index (χ4n) is 3.28. The minimum absolute atomic E-state index is 0. The van der Waals surface area contributed by atoms with Gasteiger partial charge in [0.05, 0.1) is 0 Å². The van der Waals surface area contributed by atoms with Crippen LogP contribution in [0.4, 0.5) is 4.79 Å². The number of imide groups is 2. The highest BCUT2D eigenvalue weighted by Crippen LogP contribution is 2.26. The van der Waals surface area contributed by atoms with E-state index in [0.29, 0.717) is 17.4 Å². The van der Waals surface area contributed by atoms with E-state index in [9.17, 15) is 19.2 Å². The minimum Gasteiger partial charge on any atom is -0.350 e. The molecule has 1 aliphatic heterocycles. The van der Waals surface area contributed by atoms with Gasteiger partial charge < -0.3 is 11.1 Å². The van der Waals surface area contributed by atoms with Crippen LogP contribution in [0.2, 0.25) is 0 Å². The summed E-state index contributed by atoms with van der Waals surface area (Å²) in [6.07, 6.45) is 6.79. The topological polar surface area (TPSA) is 113 Å². The van der Waals surface area contributed by atoms with Crippen molar-refractivity contribution in [2.75, 3.05) is 19.6 Å². The molecule has 0 bridgehead atoms. The number of carbonyl (C=O) groups is 4. The van der Waals surface area contributed by atoms with Crippen LogP contribution in [-0.2, 0) is 14.4 Å². The van der Waals surface area contributed by atoms with Crippen molar-refractivity contribution < 1.29 is 19.2 Å². The minimum atomic E-state index is -0.987. The molecular weight excluding hydrogens is 348 g/mol. The van der Waals surface area contributed by atoms with Crippen molar-refractivity contribution in [1.82, 2.24) is 15.1 Å². The number of rotatable bonds is 7. The van der Waals surface area contributed by atoms with E-state index in [0.717, 1.165) is 30.6 Å². The third-order valence-corrected chi connectivity index (χ3v) is 4.57. The van der Waals surface area contributed by atoms with E-state index in [4.69, 9.17) is 5.73 Å². The molecule has 1 unspecified atom stereocenters. The van der Waals surface area contributed by atoms with E-state index in [-0.39, 0.29) is 25.0 Å². The number of amides is 5. The Labute approximate surface area is 153 Å². The van der Waals surface area contributed by atoms with Crippen molar-refractivity contribution in [1.29, 1.82) is 0 Å². The van der Waals surface area contributed by atoms with E-state index in [1.165, 1.54) is 12.5 Å². The summed E-state index contributed by atoms with van der Waals surface area (Å²) in [6, 6.07) is -0.965. The first-order chi connectivity index (χ1) is 11.5. The molecule has 0 spiro atoms. The molecule has 25 heavy (non-hydrogen) atoms. The normalized spacial score (nSPS) is 19.6. The van der Waals surface area contributed by atoms with Crippen LogP contribution >= 0.6 is 12.4 Å². The van der Waals surface area contributed by atoms with Crippen molar-refractivity contribution in [2.24, 2.45) is 11.7 Å². The molecule has 0 radical (unpaired) electrons. The number of nitrogens with zero attached hydrogens (tertiary/aromatic N) is 2. The second-order valence-corrected chi connectivity index (χ2v) is 6.19. The fraction of sp³-hybridized carbons (Fsp3) is 0.625. The van der Waals surface area contributed by atoms with Gasteiger partial charge in [0.25, 0.3) is 0 Å². The van der Waals surface area contributed by atoms with Gasteiger partial charge in [-0.2, -0.15) is 0 Å². The van der Waals surface area contributed by atoms with Crippen LogP contribution in [0.1, 0.15) is 32.1 Å². The second-order valence-electron chi connectivity index (χ2n) is 6.19. The van der Waals surface area contributed by atoms with Gasteiger partial charge in [0.1, 0.15) is 6.54 Å². The predicted octanol–water partition coefficient (Wildman–Crippen LogP) is 0.409. The molecule has 1 aliphatic carbocycles. The molecular formula is C16H25ClN4O4. The number of urea groups is 1. The fourth-order valence-corrected chi connectivity index (χ4v) is 3.28. The van der Waals surface area contributed by atoms with E-state index >= 15 is 0 Å². The molecule has 0 aromatic carbocycles. The molecule has 0 aromatic heterocycles. The van der Waals surface area contributed by atoms with Crippen molar-refractivity contribution in [2.45, 2.75) is 38.1 Å². The first kappa shape index (κ1) is 21.1. The number of hydrogen-bond acceptors (Lipinski definition) is 5. The Morgan fingerprint density at radius 2 is 1.80 bits per heavy atom. The van der Waals surface area contributed by atoms with Crippen molar-refractivity contribution in [3.8, 4) is 0 Å². The van der Waals surface area contributed by atoms with Gasteiger partial charge in [-0.25, -0.2) is 9.69 Å². The summed E-state index contributed by atoms with van der Waals surface area (Å²) in [5.41, 5.74) is 5.76. The lowest BCUT2D eigenvalue weighted by atomic mass is 9.84. The summed E-state index contributed by atoms with van der Waals surface area (Å²) < 4.78 is 0. The van der Waals surface area contributed by atoms with Gasteiger partial charge in [0, 0.05) is 19.1 Å². The van der Waals surface area contributed by atoms with E-state index in [2.05, 4.69) is 11.9 Å². The maximum absolute atomic E-state index is 12.2. The van der Waals surface area contributed by atoms with Crippen LogP contribution < -0.4 is 11.1 Å². The van der Waals surface area contributed by atoms with Crippen LogP contribution in [0.15, 0.2) is 12.7 Å². The largest absolute Gasteiger partial charge is 0.350 e. The van der Waals surface area contributed by atoms with E-state index < -0.39 is 30.3 Å². The molecule has 2 aliphatic rings. The highest BCUT2D eigenvalue weighted by molar-refractivity contribution is 6.45. The molecule has 3 N–H and O–H groups in total. The number of nitrogens with one attached hydrogen (secondary N) is 1. The van der Waals surface area contributed by atoms with Crippen LogP contribution in [0.25, 0.3) is 0 Å². The van der Waals surface area contributed by atoms with Crippen LogP contribution in [0, 0.1) is 5.92 Å². The number of nitrogens with two attached hydrogens (primary N) is 1. The maximum Gasteiger partial charge on any atom is 0.335 e. The molecule has 1 heterocycles. The second kappa shape index (κ2) is 9.53. The van der Waals surface area contributed by atoms with Crippen LogP contribution in [0.3, 0.4) is 0 Å². The maximum atomic E-state index is 12.2. The molecule has 9 heteroatoms. The molecule has 0 aromatic rings. The summed E-state index contributed by atoms with van der Waals surface area (Å²) >= 11 is 0. The standard InChI is InChI=1S/C16H24N4O4.ClH/c1-2-8-19-14(22)15(23)20(16(19)24)10-13(21)18-12(9-17)11-6-4-3-5-7-11;/h2,11-12H,1,3-10,17H2,(H,18,21);1H. The van der Waals surface area contributed by atoms with Crippen molar-refractivity contribution >= 4 is 36.2 Å². The Hall–Kier alpha value is -1.93. The van der Waals surface area contributed by atoms with Gasteiger partial charge in [0.2, 0.25) is 5.91 Å². The SMILES string of the molecule is C=CCN1C(=O)C(=O)N(CC(=O)NC(CN)C2CCCCC2)C1=O.Cl. The first-order valence-electron chi connectivity index (χ1n) is 8.27. The van der Waals surface area contributed by atoms with E-state index in [1.54, 1.807) is 0 Å². The predicted molar refractivity (Wildman–Crippen MR) is 93.8 cm³/mol. The molecule has 8 nitrogen and oxygen atoms in total. The van der Waals surface area contributed by atoms with Gasteiger partial charge in [-0.3, -0.25) is 19.3 Å². The van der Waals surface area contributed by atoms with Crippen LogP contribution in [-0.4, -0.2) is 59.2 Å². The summed E-state index contributed by atoms with van der Waals surface area (Å²) in [6.45, 7) is 3.21. The Morgan fingerprint density at radius 3 is 2.36 bits per heavy atom. The third kappa shape index (κ3) is 4.79. The number of halogens is 1. The average Bonchev–Trinajstić information content (AvgIpc) is 2.79. The average molecular weight is 373 g/mol. The Balaban J connectivity index is 0.00000312. The van der Waals surface area contributed by atoms with Gasteiger partial charge >= 0.3 is 17.8 Å². The molecule has 1 atom stereocenters. The summed E-state index contributed by atoms with van der Waals surface area (Å²) in [5, 5.41) is 2.81. The number of carbonyl (C=O) groups excluding carboxylic acids is 4. The number of hydrogen-bond donors (Lipinski definition) is 2. The quantitative estimate of drug-likeness (QED) is 0.382. The van der Waals surface area contributed by atoms with Gasteiger partial charge in [-0.05, 0) is 18.8 Å². The summed E-state index contributed by atoms with van der Waals surface area (Å²) in [5.74, 6) is -2.09. The Kier molecular flexibility index (Phi) is 8.05. The van der Waals surface area contributed by atoms with Gasteiger partial charge in [-0.1, -0.05) is 25.3 Å². The lowest BCUT2D eigenvalue weighted by Gasteiger charge is -2.30. The van der Waals surface area contributed by atoms with Crippen LogP contribution in [0.5, 0.6) is 0 Å². The first-order valence-corrected chi connectivity index (χ1v) is 8.27. The molecule has 2 fully saturated rings. The highest BCUT2D eigenvalue weighted by atomic mass is 35.5. The zero-order chi connectivity index (χ0) is 17.7. The molecule has 2 rings (SSSR count). The monoisotopic (exact) mass is 372 g/mol. The third-order valence-electron chi connectivity index (χ3n) is 4.57. The lowest BCUT2D eigenvalue weighted by Crippen LogP contribution is -2.50. The molecule has 1 saturated heterocycles. The van der Waals surface area contributed by atoms with Crippen molar-refractivity contribution in [3.63, 3.8) is 0 Å². The van der Waals surface area contributed by atoms with Gasteiger partial charge in [0.15, 0.2) is 0 Å². The van der Waals surface area contributed by atoms with Gasteiger partial charge in [-0.15, -0.1) is 19.0 Å². The van der Waals surface area contributed by atoms with Crippen molar-refractivity contribution in [3.05, 3.63) is 12.7 Å². The highest BCUT2D eigenvalue weighted by Gasteiger charge is 2.44. The summed E-state index contributed by atoms with van der Waals surface area (Å²) in [4.78, 5) is 49.3. The Morgan fingerprint density at radius 1 is 1.20 bits per heavy atom. The lowest BCUT2D eigenvalue weighted by molar-refractivity contribution is -0.143. The zero-order valence-corrected chi connectivity index (χ0v) is 14.9.